The fourth-order valence-electron chi connectivity index (χ4n) is 1.20. The highest BCUT2D eigenvalue weighted by Crippen LogP contribution is 2.04. The number of ether oxygens (including phenoxy) is 1. The lowest BCUT2D eigenvalue weighted by Crippen LogP contribution is -2.29. The SMILES string of the molecule is COC(=O)C(I)CNCc1cccc(F)c1. The number of esters is 1. The van der Waals surface area contributed by atoms with E-state index in [2.05, 4.69) is 10.1 Å². The number of methoxy groups -OCH3 is 1. The van der Waals surface area contributed by atoms with Crippen LogP contribution in [-0.2, 0) is 16.1 Å². The third-order valence-electron chi connectivity index (χ3n) is 2.00. The topological polar surface area (TPSA) is 38.3 Å². The first-order chi connectivity index (χ1) is 7.63. The molecule has 1 rings (SSSR count). The Morgan fingerprint density at radius 2 is 2.38 bits per heavy atom. The second-order valence-corrected chi connectivity index (χ2v) is 4.76. The van der Waals surface area contributed by atoms with Crippen LogP contribution in [0.5, 0.6) is 0 Å². The number of carbonyl (C=O) groups excluding carboxylic acids is 1. The van der Waals surface area contributed by atoms with E-state index in [4.69, 9.17) is 0 Å². The summed E-state index contributed by atoms with van der Waals surface area (Å²) >= 11 is 2.01. The van der Waals surface area contributed by atoms with Crippen LogP contribution >= 0.6 is 22.6 Å². The fourth-order valence-corrected chi connectivity index (χ4v) is 1.77. The molecule has 3 nitrogen and oxygen atoms in total. The van der Waals surface area contributed by atoms with Crippen LogP contribution in [0.25, 0.3) is 0 Å². The van der Waals surface area contributed by atoms with Crippen LogP contribution in [0.15, 0.2) is 24.3 Å². The smallest absolute Gasteiger partial charge is 0.319 e. The van der Waals surface area contributed by atoms with E-state index >= 15 is 0 Å². The van der Waals surface area contributed by atoms with Gasteiger partial charge in [-0.3, -0.25) is 4.79 Å². The Balaban J connectivity index is 2.33. The molecule has 0 saturated heterocycles. The molecule has 5 heteroatoms. The molecule has 0 radical (unpaired) electrons. The van der Waals surface area contributed by atoms with Crippen molar-refractivity contribution < 1.29 is 13.9 Å². The Morgan fingerprint density at radius 1 is 1.62 bits per heavy atom. The summed E-state index contributed by atoms with van der Waals surface area (Å²) in [5.41, 5.74) is 0.855. The molecule has 0 aliphatic rings. The second-order valence-electron chi connectivity index (χ2n) is 3.25. The summed E-state index contributed by atoms with van der Waals surface area (Å²) in [5, 5.41) is 3.07. The van der Waals surface area contributed by atoms with Gasteiger partial charge in [-0.15, -0.1) is 0 Å². The lowest BCUT2D eigenvalue weighted by Gasteiger charge is -2.09. The number of rotatable bonds is 5. The molecule has 0 aromatic heterocycles. The Labute approximate surface area is 108 Å². The van der Waals surface area contributed by atoms with Crippen molar-refractivity contribution in [2.24, 2.45) is 0 Å². The van der Waals surface area contributed by atoms with Crippen molar-refractivity contribution >= 4 is 28.6 Å². The number of hydrogen-bond donors (Lipinski definition) is 1. The first-order valence-electron chi connectivity index (χ1n) is 4.80. The summed E-state index contributed by atoms with van der Waals surface area (Å²) in [5.74, 6) is -0.509. The molecule has 0 fully saturated rings. The van der Waals surface area contributed by atoms with E-state index in [-0.39, 0.29) is 15.7 Å². The minimum atomic E-state index is -0.257. The Kier molecular flexibility index (Phi) is 5.68. The van der Waals surface area contributed by atoms with E-state index in [1.165, 1.54) is 19.2 Å². The molecular weight excluding hydrogens is 324 g/mol. The molecule has 0 spiro atoms. The first-order valence-corrected chi connectivity index (χ1v) is 6.05. The lowest BCUT2D eigenvalue weighted by atomic mass is 10.2. The highest BCUT2D eigenvalue weighted by molar-refractivity contribution is 14.1. The zero-order chi connectivity index (χ0) is 12.0. The van der Waals surface area contributed by atoms with Gasteiger partial charge in [-0.2, -0.15) is 0 Å². The molecule has 0 amide bonds. The maximum atomic E-state index is 12.8. The van der Waals surface area contributed by atoms with Gasteiger partial charge in [0.2, 0.25) is 0 Å². The second kappa shape index (κ2) is 6.80. The summed E-state index contributed by atoms with van der Waals surface area (Å²) in [6.07, 6.45) is 0. The molecule has 16 heavy (non-hydrogen) atoms. The molecule has 1 aromatic carbocycles. The van der Waals surface area contributed by atoms with Crippen molar-refractivity contribution in [3.8, 4) is 0 Å². The number of alkyl halides is 1. The van der Waals surface area contributed by atoms with Crippen molar-refractivity contribution in [2.75, 3.05) is 13.7 Å². The fraction of sp³-hybridized carbons (Fsp3) is 0.364. The number of halogens is 2. The summed E-state index contributed by atoms with van der Waals surface area (Å²) in [6.45, 7) is 1.04. The minimum Gasteiger partial charge on any atom is -0.468 e. The molecule has 1 aromatic rings. The van der Waals surface area contributed by atoms with E-state index in [0.29, 0.717) is 13.1 Å². The summed E-state index contributed by atoms with van der Waals surface area (Å²) in [7, 11) is 1.36. The zero-order valence-electron chi connectivity index (χ0n) is 8.87. The number of nitrogens with one attached hydrogen (secondary N) is 1. The van der Waals surface area contributed by atoms with Gasteiger partial charge in [-0.1, -0.05) is 34.7 Å². The van der Waals surface area contributed by atoms with E-state index in [9.17, 15) is 9.18 Å². The molecule has 1 N–H and O–H groups in total. The van der Waals surface area contributed by atoms with Gasteiger partial charge in [-0.05, 0) is 17.7 Å². The van der Waals surface area contributed by atoms with Crippen LogP contribution in [0.3, 0.4) is 0 Å². The van der Waals surface area contributed by atoms with Crippen LogP contribution in [-0.4, -0.2) is 23.5 Å². The largest absolute Gasteiger partial charge is 0.468 e. The third-order valence-corrected chi connectivity index (χ3v) is 2.95. The van der Waals surface area contributed by atoms with Crippen molar-refractivity contribution in [2.45, 2.75) is 10.5 Å². The predicted molar refractivity (Wildman–Crippen MR) is 67.9 cm³/mol. The monoisotopic (exact) mass is 337 g/mol. The van der Waals surface area contributed by atoms with Crippen molar-refractivity contribution in [1.29, 1.82) is 0 Å². The van der Waals surface area contributed by atoms with E-state index < -0.39 is 0 Å². The minimum absolute atomic E-state index is 0.226. The highest BCUT2D eigenvalue weighted by Gasteiger charge is 2.13. The van der Waals surface area contributed by atoms with Gasteiger partial charge < -0.3 is 10.1 Å². The van der Waals surface area contributed by atoms with Crippen molar-refractivity contribution in [3.63, 3.8) is 0 Å². The average Bonchev–Trinajstić information content (AvgIpc) is 2.28. The third kappa shape index (κ3) is 4.44. The summed E-state index contributed by atoms with van der Waals surface area (Å²) < 4.78 is 17.2. The normalized spacial score (nSPS) is 12.2. The Morgan fingerprint density at radius 3 is 3.00 bits per heavy atom. The van der Waals surface area contributed by atoms with Gasteiger partial charge in [0.05, 0.1) is 7.11 Å². The summed E-state index contributed by atoms with van der Waals surface area (Å²) in [4.78, 5) is 11.1. The van der Waals surface area contributed by atoms with Crippen LogP contribution in [0, 0.1) is 5.82 Å². The average molecular weight is 337 g/mol. The lowest BCUT2D eigenvalue weighted by molar-refractivity contribution is -0.139. The number of hydrogen-bond acceptors (Lipinski definition) is 3. The zero-order valence-corrected chi connectivity index (χ0v) is 11.0. The first kappa shape index (κ1) is 13.4. The maximum absolute atomic E-state index is 12.8. The van der Waals surface area contributed by atoms with Crippen LogP contribution in [0.2, 0.25) is 0 Å². The van der Waals surface area contributed by atoms with Gasteiger partial charge in [0.15, 0.2) is 0 Å². The van der Waals surface area contributed by atoms with Crippen molar-refractivity contribution in [1.82, 2.24) is 5.32 Å². The molecule has 0 saturated carbocycles. The quantitative estimate of drug-likeness (QED) is 0.507. The predicted octanol–water partition coefficient (Wildman–Crippen LogP) is 1.89. The van der Waals surface area contributed by atoms with Gasteiger partial charge >= 0.3 is 5.97 Å². The standard InChI is InChI=1S/C11H13FINO2/c1-16-11(15)10(13)7-14-6-8-3-2-4-9(12)5-8/h2-5,10,14H,6-7H2,1H3. The van der Waals surface area contributed by atoms with E-state index in [1.54, 1.807) is 6.07 Å². The molecule has 88 valence electrons. The Hall–Kier alpha value is -0.690. The molecular formula is C11H13FINO2. The highest BCUT2D eigenvalue weighted by atomic mass is 127. The van der Waals surface area contributed by atoms with E-state index in [0.717, 1.165) is 5.56 Å². The van der Waals surface area contributed by atoms with Gasteiger partial charge in [0.1, 0.15) is 9.74 Å². The molecule has 0 heterocycles. The number of benzene rings is 1. The maximum Gasteiger partial charge on any atom is 0.319 e. The van der Waals surface area contributed by atoms with E-state index in [1.807, 2.05) is 28.7 Å². The molecule has 1 atom stereocenters. The van der Waals surface area contributed by atoms with Crippen LogP contribution in [0.1, 0.15) is 5.56 Å². The van der Waals surface area contributed by atoms with Crippen LogP contribution < -0.4 is 5.32 Å². The molecule has 0 bridgehead atoms. The summed E-state index contributed by atoms with van der Waals surface area (Å²) in [6, 6.07) is 6.36. The van der Waals surface area contributed by atoms with Gasteiger partial charge in [0, 0.05) is 13.1 Å². The molecule has 1 unspecified atom stereocenters. The Bertz CT molecular complexity index is 360. The van der Waals surface area contributed by atoms with Gasteiger partial charge in [-0.25, -0.2) is 4.39 Å². The number of carbonyl (C=O) groups is 1. The molecule has 0 aliphatic carbocycles. The van der Waals surface area contributed by atoms with Crippen molar-refractivity contribution in [3.05, 3.63) is 35.6 Å². The molecule has 0 aliphatic heterocycles. The van der Waals surface area contributed by atoms with Crippen LogP contribution in [0.4, 0.5) is 4.39 Å². The van der Waals surface area contributed by atoms with Gasteiger partial charge in [0.25, 0.3) is 0 Å².